The summed E-state index contributed by atoms with van der Waals surface area (Å²) in [6, 6.07) is 13.6. The minimum atomic E-state index is 0.280. The van der Waals surface area contributed by atoms with E-state index in [-0.39, 0.29) is 5.92 Å². The lowest BCUT2D eigenvalue weighted by atomic mass is 9.99. The van der Waals surface area contributed by atoms with Crippen LogP contribution in [-0.2, 0) is 6.54 Å². The minimum Gasteiger partial charge on any atom is -0.295 e. The van der Waals surface area contributed by atoms with Crippen LogP contribution in [0.5, 0.6) is 0 Å². The Balaban J connectivity index is 1.72. The number of nitrogens with zero attached hydrogens (tertiary/aromatic N) is 2. The van der Waals surface area contributed by atoms with Gasteiger partial charge in [0.05, 0.1) is 12.0 Å². The van der Waals surface area contributed by atoms with Gasteiger partial charge in [0.2, 0.25) is 0 Å². The summed E-state index contributed by atoms with van der Waals surface area (Å²) in [5, 5.41) is 9.10. The fourth-order valence-corrected chi connectivity index (χ4v) is 3.28. The second-order valence-corrected chi connectivity index (χ2v) is 5.06. The van der Waals surface area contributed by atoms with Gasteiger partial charge in [-0.2, -0.15) is 5.26 Å². The van der Waals surface area contributed by atoms with Crippen molar-refractivity contribution in [2.24, 2.45) is 11.8 Å². The third-order valence-electron chi connectivity index (χ3n) is 3.98. The van der Waals surface area contributed by atoms with Crippen molar-refractivity contribution in [3.05, 3.63) is 35.9 Å². The molecule has 1 saturated heterocycles. The Labute approximate surface area is 96.5 Å². The van der Waals surface area contributed by atoms with Gasteiger partial charge in [-0.25, -0.2) is 0 Å². The average molecular weight is 212 g/mol. The van der Waals surface area contributed by atoms with Gasteiger partial charge < -0.3 is 0 Å². The molecule has 82 valence electrons. The molecule has 16 heavy (non-hydrogen) atoms. The third kappa shape index (κ3) is 1.62. The van der Waals surface area contributed by atoms with Gasteiger partial charge in [-0.3, -0.25) is 4.90 Å². The number of hydrogen-bond donors (Lipinski definition) is 0. The molecule has 2 nitrogen and oxygen atoms in total. The highest BCUT2D eigenvalue weighted by atomic mass is 15.2. The van der Waals surface area contributed by atoms with Crippen molar-refractivity contribution >= 4 is 0 Å². The number of likely N-dealkylation sites (tertiary alicyclic amines) is 1. The highest BCUT2D eigenvalue weighted by Gasteiger charge is 2.44. The van der Waals surface area contributed by atoms with Crippen molar-refractivity contribution < 1.29 is 0 Å². The highest BCUT2D eigenvalue weighted by molar-refractivity contribution is 5.16. The van der Waals surface area contributed by atoms with Crippen LogP contribution in [0.1, 0.15) is 18.4 Å². The van der Waals surface area contributed by atoms with Gasteiger partial charge in [0.25, 0.3) is 0 Å². The van der Waals surface area contributed by atoms with E-state index in [0.29, 0.717) is 6.04 Å². The Morgan fingerprint density at radius 2 is 2.06 bits per heavy atom. The first kappa shape index (κ1) is 9.86. The largest absolute Gasteiger partial charge is 0.295 e. The first-order valence-electron chi connectivity index (χ1n) is 6.04. The average Bonchev–Trinajstić information content (AvgIpc) is 2.89. The Bertz CT molecular complexity index is 406. The van der Waals surface area contributed by atoms with Gasteiger partial charge in [-0.1, -0.05) is 30.3 Å². The van der Waals surface area contributed by atoms with Crippen molar-refractivity contribution in [1.82, 2.24) is 4.90 Å². The summed E-state index contributed by atoms with van der Waals surface area (Å²) < 4.78 is 0. The number of hydrogen-bond acceptors (Lipinski definition) is 2. The lowest BCUT2D eigenvalue weighted by Gasteiger charge is -2.29. The van der Waals surface area contributed by atoms with E-state index in [0.717, 1.165) is 18.9 Å². The molecule has 3 atom stereocenters. The standard InChI is InChI=1S/C14H16N2/c15-8-13-6-12-7-14(13)16(10-12)9-11-4-2-1-3-5-11/h1-5,12-14H,6-7,9-10H2/t12-,13+,14-/m0/s1. The molecule has 0 unspecified atom stereocenters. The highest BCUT2D eigenvalue weighted by Crippen LogP contribution is 2.41. The van der Waals surface area contributed by atoms with Crippen LogP contribution in [-0.4, -0.2) is 17.5 Å². The van der Waals surface area contributed by atoms with Crippen LogP contribution in [0.25, 0.3) is 0 Å². The Hall–Kier alpha value is -1.33. The van der Waals surface area contributed by atoms with Crippen LogP contribution in [0.3, 0.4) is 0 Å². The van der Waals surface area contributed by atoms with E-state index < -0.39 is 0 Å². The molecule has 3 rings (SSSR count). The Morgan fingerprint density at radius 3 is 2.75 bits per heavy atom. The molecule has 0 spiro atoms. The lowest BCUT2D eigenvalue weighted by Crippen LogP contribution is -2.36. The summed E-state index contributed by atoms with van der Waals surface area (Å²) in [4.78, 5) is 2.50. The normalized spacial score (nSPS) is 32.8. The molecule has 1 saturated carbocycles. The second kappa shape index (κ2) is 3.92. The fraction of sp³-hybridized carbons (Fsp3) is 0.500. The van der Waals surface area contributed by atoms with Crippen molar-refractivity contribution in [3.63, 3.8) is 0 Å². The summed E-state index contributed by atoms with van der Waals surface area (Å²) in [6.45, 7) is 2.21. The number of nitriles is 1. The van der Waals surface area contributed by atoms with Crippen LogP contribution in [0.4, 0.5) is 0 Å². The number of fused-ring (bicyclic) bond motifs is 2. The van der Waals surface area contributed by atoms with Crippen molar-refractivity contribution in [1.29, 1.82) is 5.26 Å². The lowest BCUT2D eigenvalue weighted by molar-refractivity contribution is 0.175. The van der Waals surface area contributed by atoms with Crippen LogP contribution >= 0.6 is 0 Å². The quantitative estimate of drug-likeness (QED) is 0.752. The van der Waals surface area contributed by atoms with Gasteiger partial charge >= 0.3 is 0 Å². The molecule has 2 fully saturated rings. The van der Waals surface area contributed by atoms with E-state index in [1.54, 1.807) is 0 Å². The van der Waals surface area contributed by atoms with E-state index in [4.69, 9.17) is 5.26 Å². The molecule has 1 aromatic carbocycles. The van der Waals surface area contributed by atoms with Gasteiger partial charge in [-0.15, -0.1) is 0 Å². The summed E-state index contributed by atoms with van der Waals surface area (Å²) in [7, 11) is 0. The molecule has 2 bridgehead atoms. The van der Waals surface area contributed by atoms with Crippen LogP contribution in [0.15, 0.2) is 30.3 Å². The van der Waals surface area contributed by atoms with Gasteiger partial charge in [0.15, 0.2) is 0 Å². The maximum atomic E-state index is 9.10. The molecule has 0 amide bonds. The van der Waals surface area contributed by atoms with Crippen molar-refractivity contribution in [3.8, 4) is 6.07 Å². The molecule has 0 aromatic heterocycles. The molecule has 1 heterocycles. The zero-order chi connectivity index (χ0) is 11.0. The fourth-order valence-electron chi connectivity index (χ4n) is 3.28. The minimum absolute atomic E-state index is 0.280. The van der Waals surface area contributed by atoms with E-state index in [1.165, 1.54) is 18.5 Å². The number of piperidine rings is 1. The van der Waals surface area contributed by atoms with E-state index in [9.17, 15) is 0 Å². The predicted octanol–water partition coefficient (Wildman–Crippen LogP) is 2.42. The van der Waals surface area contributed by atoms with Crippen LogP contribution in [0, 0.1) is 23.2 Å². The molecule has 1 aromatic rings. The van der Waals surface area contributed by atoms with Gasteiger partial charge in [-0.05, 0) is 24.3 Å². The van der Waals surface area contributed by atoms with Crippen molar-refractivity contribution in [2.75, 3.05) is 6.54 Å². The van der Waals surface area contributed by atoms with Gasteiger partial charge in [0, 0.05) is 19.1 Å². The molecular formula is C14H16N2. The first-order valence-corrected chi connectivity index (χ1v) is 6.04. The van der Waals surface area contributed by atoms with Crippen molar-refractivity contribution in [2.45, 2.75) is 25.4 Å². The second-order valence-electron chi connectivity index (χ2n) is 5.06. The summed E-state index contributed by atoms with van der Waals surface area (Å²) in [5.41, 5.74) is 1.37. The smallest absolute Gasteiger partial charge is 0.0672 e. The Kier molecular flexibility index (Phi) is 2.41. The topological polar surface area (TPSA) is 27.0 Å². The van der Waals surface area contributed by atoms with Gasteiger partial charge in [0.1, 0.15) is 0 Å². The molecule has 2 heteroatoms. The zero-order valence-corrected chi connectivity index (χ0v) is 9.34. The Morgan fingerprint density at radius 1 is 1.25 bits per heavy atom. The maximum Gasteiger partial charge on any atom is 0.0672 e. The van der Waals surface area contributed by atoms with E-state index in [2.05, 4.69) is 41.3 Å². The SMILES string of the molecule is N#C[C@H]1C[C@H]2C[C@@H]1N(Cc1ccccc1)C2. The molecular weight excluding hydrogens is 196 g/mol. The molecule has 1 aliphatic heterocycles. The zero-order valence-electron chi connectivity index (χ0n) is 9.34. The number of benzene rings is 1. The number of rotatable bonds is 2. The summed E-state index contributed by atoms with van der Waals surface area (Å²) >= 11 is 0. The third-order valence-corrected chi connectivity index (χ3v) is 3.98. The van der Waals surface area contributed by atoms with Crippen LogP contribution < -0.4 is 0 Å². The molecule has 0 N–H and O–H groups in total. The molecule has 0 radical (unpaired) electrons. The monoisotopic (exact) mass is 212 g/mol. The maximum absolute atomic E-state index is 9.10. The first-order chi connectivity index (χ1) is 7.86. The predicted molar refractivity (Wildman–Crippen MR) is 62.5 cm³/mol. The van der Waals surface area contributed by atoms with E-state index in [1.807, 2.05) is 0 Å². The summed E-state index contributed by atoms with van der Waals surface area (Å²) in [6.07, 6.45) is 2.37. The molecule has 2 aliphatic rings. The molecule has 1 aliphatic carbocycles. The summed E-state index contributed by atoms with van der Waals surface area (Å²) in [5.74, 6) is 1.06. The van der Waals surface area contributed by atoms with E-state index >= 15 is 0 Å². The van der Waals surface area contributed by atoms with Crippen LogP contribution in [0.2, 0.25) is 0 Å².